The number of halogens is 1. The summed E-state index contributed by atoms with van der Waals surface area (Å²) in [5, 5.41) is 2.11. The normalized spacial score (nSPS) is 15.1. The number of nitrogens with one attached hydrogen (secondary N) is 1. The van der Waals surface area contributed by atoms with Crippen molar-refractivity contribution in [3.05, 3.63) is 101 Å². The maximum atomic E-state index is 13.6. The lowest BCUT2D eigenvalue weighted by molar-refractivity contribution is -0.122. The Balaban J connectivity index is 1.52. The van der Waals surface area contributed by atoms with E-state index >= 15 is 0 Å². The minimum Gasteiger partial charge on any atom is -0.489 e. The van der Waals surface area contributed by atoms with Crippen LogP contribution in [-0.2, 0) is 16.2 Å². The summed E-state index contributed by atoms with van der Waals surface area (Å²) in [6.07, 6.45) is 1.38. The standard InChI is InChI=1S/C25H19FN2O4/c1-16-4-2-5-18(12-16)15-32-21-10-8-17(9-11-21)13-22-23(29)27-25(31)28(24(22)30)20-7-3-6-19(26)14-20/h2-14H,15H2,1H3,(H,27,29,31)/b22-13+. The minimum atomic E-state index is -0.928. The highest BCUT2D eigenvalue weighted by molar-refractivity contribution is 6.39. The van der Waals surface area contributed by atoms with Gasteiger partial charge in [0.25, 0.3) is 11.8 Å². The van der Waals surface area contributed by atoms with Gasteiger partial charge in [0.2, 0.25) is 0 Å². The first kappa shape index (κ1) is 21.0. The van der Waals surface area contributed by atoms with E-state index < -0.39 is 23.7 Å². The molecule has 6 nitrogen and oxygen atoms in total. The van der Waals surface area contributed by atoms with E-state index in [-0.39, 0.29) is 11.3 Å². The van der Waals surface area contributed by atoms with Gasteiger partial charge in [-0.15, -0.1) is 0 Å². The zero-order chi connectivity index (χ0) is 22.7. The molecule has 3 aromatic carbocycles. The van der Waals surface area contributed by atoms with E-state index in [4.69, 9.17) is 4.74 Å². The SMILES string of the molecule is Cc1cccc(COc2ccc(/C=C3\C(=O)NC(=O)N(c4cccc(F)c4)C3=O)cc2)c1. The minimum absolute atomic E-state index is 0.0331. The van der Waals surface area contributed by atoms with Gasteiger partial charge in [0.1, 0.15) is 23.7 Å². The maximum absolute atomic E-state index is 13.6. The largest absolute Gasteiger partial charge is 0.489 e. The van der Waals surface area contributed by atoms with E-state index in [9.17, 15) is 18.8 Å². The fourth-order valence-corrected chi connectivity index (χ4v) is 3.30. The Labute approximate surface area is 183 Å². The van der Waals surface area contributed by atoms with E-state index in [1.807, 2.05) is 31.2 Å². The highest BCUT2D eigenvalue weighted by Gasteiger charge is 2.36. The Morgan fingerprint density at radius 3 is 2.44 bits per heavy atom. The molecule has 0 unspecified atom stereocenters. The van der Waals surface area contributed by atoms with Crippen molar-refractivity contribution in [3.63, 3.8) is 0 Å². The topological polar surface area (TPSA) is 75.7 Å². The average molecular weight is 430 g/mol. The Hall–Kier alpha value is -4.26. The van der Waals surface area contributed by atoms with Gasteiger partial charge in [-0.3, -0.25) is 14.9 Å². The number of hydrogen-bond acceptors (Lipinski definition) is 4. The molecule has 1 aliphatic heterocycles. The molecule has 0 spiro atoms. The van der Waals surface area contributed by atoms with Gasteiger partial charge in [-0.1, -0.05) is 48.0 Å². The highest BCUT2D eigenvalue weighted by atomic mass is 19.1. The number of rotatable bonds is 5. The summed E-state index contributed by atoms with van der Waals surface area (Å²) in [6, 6.07) is 18.9. The van der Waals surface area contributed by atoms with Crippen LogP contribution in [0.4, 0.5) is 14.9 Å². The van der Waals surface area contributed by atoms with Crippen LogP contribution in [0.2, 0.25) is 0 Å². The molecule has 1 heterocycles. The van der Waals surface area contributed by atoms with Gasteiger partial charge in [-0.25, -0.2) is 14.1 Å². The molecule has 160 valence electrons. The van der Waals surface area contributed by atoms with Crippen LogP contribution in [0.15, 0.2) is 78.4 Å². The van der Waals surface area contributed by atoms with Crippen LogP contribution >= 0.6 is 0 Å². The summed E-state index contributed by atoms with van der Waals surface area (Å²) < 4.78 is 19.3. The third-order valence-corrected chi connectivity index (χ3v) is 4.85. The van der Waals surface area contributed by atoms with Gasteiger partial charge in [-0.05, 0) is 54.5 Å². The fraction of sp³-hybridized carbons (Fsp3) is 0.0800. The first-order valence-corrected chi connectivity index (χ1v) is 9.86. The molecule has 0 bridgehead atoms. The number of aryl methyl sites for hydroxylation is 1. The van der Waals surface area contributed by atoms with Crippen molar-refractivity contribution in [1.29, 1.82) is 0 Å². The number of imide groups is 2. The van der Waals surface area contributed by atoms with Crippen LogP contribution < -0.4 is 15.0 Å². The number of amides is 4. The summed E-state index contributed by atoms with van der Waals surface area (Å²) in [5.41, 5.74) is 2.56. The lowest BCUT2D eigenvalue weighted by Gasteiger charge is -2.26. The number of ether oxygens (including phenoxy) is 1. The fourth-order valence-electron chi connectivity index (χ4n) is 3.30. The van der Waals surface area contributed by atoms with E-state index in [0.29, 0.717) is 17.9 Å². The Kier molecular flexibility index (Phi) is 5.81. The molecule has 7 heteroatoms. The molecule has 1 saturated heterocycles. The summed E-state index contributed by atoms with van der Waals surface area (Å²) in [4.78, 5) is 38.0. The third kappa shape index (κ3) is 4.57. The predicted molar refractivity (Wildman–Crippen MR) is 117 cm³/mol. The van der Waals surface area contributed by atoms with Crippen LogP contribution in [0, 0.1) is 12.7 Å². The second-order valence-electron chi connectivity index (χ2n) is 7.28. The molecule has 3 aromatic rings. The Morgan fingerprint density at radius 1 is 0.969 bits per heavy atom. The van der Waals surface area contributed by atoms with Crippen molar-refractivity contribution in [2.24, 2.45) is 0 Å². The second-order valence-corrected chi connectivity index (χ2v) is 7.28. The third-order valence-electron chi connectivity index (χ3n) is 4.85. The van der Waals surface area contributed by atoms with Crippen molar-refractivity contribution >= 4 is 29.6 Å². The smallest absolute Gasteiger partial charge is 0.335 e. The second kappa shape index (κ2) is 8.85. The monoisotopic (exact) mass is 430 g/mol. The zero-order valence-electron chi connectivity index (χ0n) is 17.2. The van der Waals surface area contributed by atoms with Crippen molar-refractivity contribution in [1.82, 2.24) is 5.32 Å². The molecule has 0 atom stereocenters. The van der Waals surface area contributed by atoms with Crippen LogP contribution in [-0.4, -0.2) is 17.8 Å². The number of anilines is 1. The summed E-state index contributed by atoms with van der Waals surface area (Å²) >= 11 is 0. The molecule has 32 heavy (non-hydrogen) atoms. The van der Waals surface area contributed by atoms with Gasteiger partial charge < -0.3 is 4.74 Å². The molecule has 4 rings (SSSR count). The lowest BCUT2D eigenvalue weighted by atomic mass is 10.1. The zero-order valence-corrected chi connectivity index (χ0v) is 17.2. The van der Waals surface area contributed by atoms with Gasteiger partial charge in [0, 0.05) is 0 Å². The molecule has 0 aliphatic carbocycles. The van der Waals surface area contributed by atoms with Crippen molar-refractivity contribution in [2.45, 2.75) is 13.5 Å². The summed E-state index contributed by atoms with van der Waals surface area (Å²) in [7, 11) is 0. The number of barbiturate groups is 1. The lowest BCUT2D eigenvalue weighted by Crippen LogP contribution is -2.54. The molecular weight excluding hydrogens is 411 g/mol. The first-order valence-electron chi connectivity index (χ1n) is 9.86. The number of nitrogens with zero attached hydrogens (tertiary/aromatic N) is 1. The Bertz CT molecular complexity index is 1230. The molecular formula is C25H19FN2O4. The average Bonchev–Trinajstić information content (AvgIpc) is 2.76. The van der Waals surface area contributed by atoms with E-state index in [1.54, 1.807) is 24.3 Å². The molecule has 0 aromatic heterocycles. The first-order chi connectivity index (χ1) is 15.4. The van der Waals surface area contributed by atoms with E-state index in [1.165, 1.54) is 24.3 Å². The van der Waals surface area contributed by atoms with Crippen LogP contribution in [0.25, 0.3) is 6.08 Å². The van der Waals surface area contributed by atoms with Gasteiger partial charge in [0.15, 0.2) is 0 Å². The number of urea groups is 1. The molecule has 4 amide bonds. The number of hydrogen-bond donors (Lipinski definition) is 1. The van der Waals surface area contributed by atoms with Crippen LogP contribution in [0.3, 0.4) is 0 Å². The van der Waals surface area contributed by atoms with Crippen molar-refractivity contribution in [2.75, 3.05) is 4.90 Å². The van der Waals surface area contributed by atoms with Gasteiger partial charge in [0.05, 0.1) is 5.69 Å². The molecule has 0 radical (unpaired) electrons. The maximum Gasteiger partial charge on any atom is 0.335 e. The van der Waals surface area contributed by atoms with E-state index in [2.05, 4.69) is 5.32 Å². The van der Waals surface area contributed by atoms with Crippen LogP contribution in [0.1, 0.15) is 16.7 Å². The summed E-state index contributed by atoms with van der Waals surface area (Å²) in [5.74, 6) is -1.62. The van der Waals surface area contributed by atoms with E-state index in [0.717, 1.165) is 22.1 Å². The Morgan fingerprint density at radius 2 is 1.72 bits per heavy atom. The molecule has 1 aliphatic rings. The van der Waals surface area contributed by atoms with Crippen molar-refractivity contribution < 1.29 is 23.5 Å². The number of carbonyl (C=O) groups excluding carboxylic acids is 3. The quantitative estimate of drug-likeness (QED) is 0.482. The van der Waals surface area contributed by atoms with Crippen LogP contribution in [0.5, 0.6) is 5.75 Å². The molecule has 1 fully saturated rings. The highest BCUT2D eigenvalue weighted by Crippen LogP contribution is 2.23. The molecule has 0 saturated carbocycles. The van der Waals surface area contributed by atoms with Gasteiger partial charge >= 0.3 is 6.03 Å². The number of carbonyl (C=O) groups is 3. The summed E-state index contributed by atoms with van der Waals surface area (Å²) in [6.45, 7) is 2.42. The number of benzene rings is 3. The van der Waals surface area contributed by atoms with Gasteiger partial charge in [-0.2, -0.15) is 0 Å². The van der Waals surface area contributed by atoms with Crippen molar-refractivity contribution in [3.8, 4) is 5.75 Å². The predicted octanol–water partition coefficient (Wildman–Crippen LogP) is 4.38. The molecule has 1 N–H and O–H groups in total.